The monoisotopic (exact) mass is 320 g/mol. The Labute approximate surface area is 138 Å². The van der Waals surface area contributed by atoms with E-state index in [1.165, 1.54) is 12.8 Å². The fraction of sp³-hybridized carbons (Fsp3) is 0.611. The molecule has 5 nitrogen and oxygen atoms in total. The van der Waals surface area contributed by atoms with Crippen molar-refractivity contribution in [3.8, 4) is 5.75 Å². The number of amides is 2. The molecule has 0 aliphatic heterocycles. The summed E-state index contributed by atoms with van der Waals surface area (Å²) in [4.78, 5) is 14.2. The number of benzene rings is 1. The highest BCUT2D eigenvalue weighted by atomic mass is 16.5. The summed E-state index contributed by atoms with van der Waals surface area (Å²) in [5.74, 6) is 1.48. The number of aliphatic hydroxyl groups is 1. The van der Waals surface area contributed by atoms with E-state index in [1.807, 2.05) is 36.2 Å². The van der Waals surface area contributed by atoms with Crippen LogP contribution in [0.1, 0.15) is 38.2 Å². The molecule has 1 aromatic rings. The lowest BCUT2D eigenvalue weighted by Crippen LogP contribution is -2.44. The van der Waals surface area contributed by atoms with Gasteiger partial charge in [-0.05, 0) is 37.7 Å². The van der Waals surface area contributed by atoms with E-state index >= 15 is 0 Å². The molecule has 0 spiro atoms. The van der Waals surface area contributed by atoms with Crippen LogP contribution in [0.25, 0.3) is 0 Å². The van der Waals surface area contributed by atoms with Crippen LogP contribution in [0.2, 0.25) is 0 Å². The minimum Gasteiger partial charge on any atom is -0.491 e. The third-order valence-electron chi connectivity index (χ3n) is 4.60. The predicted octanol–water partition coefficient (Wildman–Crippen LogP) is 2.78. The highest BCUT2D eigenvalue weighted by Gasteiger charge is 2.24. The van der Waals surface area contributed by atoms with Crippen molar-refractivity contribution in [1.29, 1.82) is 0 Å². The molecule has 1 aliphatic carbocycles. The minimum absolute atomic E-state index is 0.0243. The van der Waals surface area contributed by atoms with Crippen LogP contribution < -0.4 is 10.1 Å². The number of urea groups is 1. The summed E-state index contributed by atoms with van der Waals surface area (Å²) < 4.78 is 5.49. The van der Waals surface area contributed by atoms with E-state index < -0.39 is 0 Å². The van der Waals surface area contributed by atoms with Crippen LogP contribution in [0.3, 0.4) is 0 Å². The molecule has 2 amide bonds. The molecule has 1 aromatic carbocycles. The van der Waals surface area contributed by atoms with Crippen LogP contribution in [0, 0.1) is 5.92 Å². The summed E-state index contributed by atoms with van der Waals surface area (Å²) in [6.07, 6.45) is 4.56. The van der Waals surface area contributed by atoms with E-state index in [-0.39, 0.29) is 19.2 Å². The molecular formula is C18H28N2O3. The second-order valence-corrected chi connectivity index (χ2v) is 6.36. The first-order valence-electron chi connectivity index (χ1n) is 8.44. The quantitative estimate of drug-likeness (QED) is 0.847. The predicted molar refractivity (Wildman–Crippen MR) is 90.4 cm³/mol. The number of aliphatic hydroxyl groups excluding tert-OH is 1. The van der Waals surface area contributed by atoms with Crippen molar-refractivity contribution in [2.75, 3.05) is 20.3 Å². The molecule has 128 valence electrons. The Bertz CT molecular complexity index is 499. The van der Waals surface area contributed by atoms with Gasteiger partial charge in [0.25, 0.3) is 0 Å². The summed E-state index contributed by atoms with van der Waals surface area (Å²) in [7, 11) is 1.88. The number of hydrogen-bond donors (Lipinski definition) is 2. The van der Waals surface area contributed by atoms with Crippen LogP contribution in [-0.2, 0) is 6.54 Å². The van der Waals surface area contributed by atoms with Gasteiger partial charge < -0.3 is 20.1 Å². The number of hydrogen-bond acceptors (Lipinski definition) is 3. The Balaban J connectivity index is 1.86. The van der Waals surface area contributed by atoms with Gasteiger partial charge in [-0.1, -0.05) is 25.1 Å². The van der Waals surface area contributed by atoms with Crippen molar-refractivity contribution in [1.82, 2.24) is 10.2 Å². The fourth-order valence-electron chi connectivity index (χ4n) is 3.04. The molecule has 0 heterocycles. The molecule has 5 heteroatoms. The lowest BCUT2D eigenvalue weighted by atomic mass is 9.87. The van der Waals surface area contributed by atoms with E-state index in [2.05, 4.69) is 12.2 Å². The molecule has 0 aromatic heterocycles. The first kappa shape index (κ1) is 17.6. The zero-order valence-corrected chi connectivity index (χ0v) is 14.1. The molecule has 1 aliphatic rings. The van der Waals surface area contributed by atoms with Crippen molar-refractivity contribution >= 4 is 6.03 Å². The lowest BCUT2D eigenvalue weighted by Gasteiger charge is -2.33. The average molecular weight is 320 g/mol. The van der Waals surface area contributed by atoms with Crippen molar-refractivity contribution < 1.29 is 14.6 Å². The number of para-hydroxylation sites is 1. The highest BCUT2D eigenvalue weighted by molar-refractivity contribution is 5.74. The van der Waals surface area contributed by atoms with Crippen LogP contribution in [0.15, 0.2) is 24.3 Å². The van der Waals surface area contributed by atoms with E-state index in [9.17, 15) is 4.79 Å². The molecule has 1 saturated carbocycles. The summed E-state index contributed by atoms with van der Waals surface area (Å²) in [5, 5.41) is 11.8. The van der Waals surface area contributed by atoms with E-state index in [0.29, 0.717) is 18.3 Å². The summed E-state index contributed by atoms with van der Waals surface area (Å²) in [6, 6.07) is 7.87. The van der Waals surface area contributed by atoms with Crippen molar-refractivity contribution in [2.24, 2.45) is 5.92 Å². The first-order chi connectivity index (χ1) is 11.1. The van der Waals surface area contributed by atoms with Gasteiger partial charge in [0, 0.05) is 25.2 Å². The smallest absolute Gasteiger partial charge is 0.317 e. The summed E-state index contributed by atoms with van der Waals surface area (Å²) in [5.41, 5.74) is 0.917. The molecule has 0 radical (unpaired) electrons. The van der Waals surface area contributed by atoms with Crippen molar-refractivity contribution in [3.05, 3.63) is 29.8 Å². The van der Waals surface area contributed by atoms with Gasteiger partial charge in [-0.25, -0.2) is 4.79 Å². The average Bonchev–Trinajstić information content (AvgIpc) is 2.58. The number of nitrogens with one attached hydrogen (secondary N) is 1. The Morgan fingerprint density at radius 2 is 2.00 bits per heavy atom. The van der Waals surface area contributed by atoms with Gasteiger partial charge in [-0.3, -0.25) is 0 Å². The summed E-state index contributed by atoms with van der Waals surface area (Å²) >= 11 is 0. The molecule has 2 rings (SSSR count). The Morgan fingerprint density at radius 1 is 1.30 bits per heavy atom. The third-order valence-corrected chi connectivity index (χ3v) is 4.60. The maximum atomic E-state index is 12.4. The van der Waals surface area contributed by atoms with Crippen LogP contribution in [0.4, 0.5) is 4.79 Å². The second kappa shape index (κ2) is 8.77. The standard InChI is InChI=1S/C18H28N2O3/c1-14-7-9-16(10-8-14)20(2)18(22)19-13-15-5-3-4-6-17(15)23-12-11-21/h3-6,14,16,21H,7-13H2,1-2H3,(H,19,22). The van der Waals surface area contributed by atoms with Gasteiger partial charge in [-0.2, -0.15) is 0 Å². The molecule has 2 N–H and O–H groups in total. The normalized spacial score (nSPS) is 20.8. The highest BCUT2D eigenvalue weighted by Crippen LogP contribution is 2.26. The van der Waals surface area contributed by atoms with Gasteiger partial charge in [0.15, 0.2) is 0 Å². The van der Waals surface area contributed by atoms with Crippen LogP contribution in [-0.4, -0.2) is 42.3 Å². The molecule has 0 saturated heterocycles. The Kier molecular flexibility index (Phi) is 6.71. The van der Waals surface area contributed by atoms with Crippen molar-refractivity contribution in [2.45, 2.75) is 45.2 Å². The molecule has 23 heavy (non-hydrogen) atoms. The zero-order valence-electron chi connectivity index (χ0n) is 14.1. The van der Waals surface area contributed by atoms with Crippen molar-refractivity contribution in [3.63, 3.8) is 0 Å². The molecular weight excluding hydrogens is 292 g/mol. The number of carbonyl (C=O) groups is 1. The van der Waals surface area contributed by atoms with Gasteiger partial charge in [-0.15, -0.1) is 0 Å². The van der Waals surface area contributed by atoms with E-state index in [0.717, 1.165) is 24.3 Å². The molecule has 1 fully saturated rings. The fourth-order valence-corrected chi connectivity index (χ4v) is 3.04. The van der Waals surface area contributed by atoms with Gasteiger partial charge in [0.05, 0.1) is 6.61 Å². The zero-order chi connectivity index (χ0) is 16.7. The largest absolute Gasteiger partial charge is 0.491 e. The lowest BCUT2D eigenvalue weighted by molar-refractivity contribution is 0.163. The number of carbonyl (C=O) groups excluding carboxylic acids is 1. The molecule has 0 bridgehead atoms. The maximum Gasteiger partial charge on any atom is 0.317 e. The number of ether oxygens (including phenoxy) is 1. The van der Waals surface area contributed by atoms with Crippen LogP contribution in [0.5, 0.6) is 5.75 Å². The van der Waals surface area contributed by atoms with Gasteiger partial charge in [0.2, 0.25) is 0 Å². The second-order valence-electron chi connectivity index (χ2n) is 6.36. The topological polar surface area (TPSA) is 61.8 Å². The van der Waals surface area contributed by atoms with E-state index in [4.69, 9.17) is 9.84 Å². The van der Waals surface area contributed by atoms with E-state index in [1.54, 1.807) is 0 Å². The number of nitrogens with zero attached hydrogens (tertiary/aromatic N) is 1. The van der Waals surface area contributed by atoms with Crippen LogP contribution >= 0.6 is 0 Å². The maximum absolute atomic E-state index is 12.4. The molecule has 0 unspecified atom stereocenters. The first-order valence-corrected chi connectivity index (χ1v) is 8.44. The summed E-state index contributed by atoms with van der Waals surface area (Å²) in [6.45, 7) is 2.93. The molecule has 0 atom stereocenters. The minimum atomic E-state index is -0.0403. The number of rotatable bonds is 6. The van der Waals surface area contributed by atoms with Gasteiger partial charge >= 0.3 is 6.03 Å². The third kappa shape index (κ3) is 5.13. The van der Waals surface area contributed by atoms with Gasteiger partial charge in [0.1, 0.15) is 12.4 Å². The Morgan fingerprint density at radius 3 is 2.70 bits per heavy atom. The SMILES string of the molecule is CC1CCC(N(C)C(=O)NCc2ccccc2OCCO)CC1. The Hall–Kier alpha value is -1.75.